The van der Waals surface area contributed by atoms with Gasteiger partial charge in [0.05, 0.1) is 18.5 Å². The van der Waals surface area contributed by atoms with Crippen LogP contribution in [-0.2, 0) is 0 Å². The number of aliphatic imine (C=N–C) groups is 1. The molecule has 0 aliphatic rings. The van der Waals surface area contributed by atoms with Crippen LogP contribution >= 0.6 is 46.9 Å². The molecule has 38 heavy (non-hydrogen) atoms. The minimum absolute atomic E-state index is 0. The number of anilines is 1. The van der Waals surface area contributed by atoms with E-state index in [1.807, 2.05) is 53.9 Å². The van der Waals surface area contributed by atoms with Gasteiger partial charge in [-0.3, -0.25) is 4.99 Å². The molecule has 0 saturated heterocycles. The largest absolute Gasteiger partial charge is 0.348 e. The van der Waals surface area contributed by atoms with E-state index in [9.17, 15) is 0 Å². The Morgan fingerprint density at radius 1 is 0.921 bits per heavy atom. The smallest absolute Gasteiger partial charge is 0.198 e. The van der Waals surface area contributed by atoms with E-state index in [0.29, 0.717) is 22.5 Å². The van der Waals surface area contributed by atoms with E-state index >= 15 is 0 Å². The number of nitrogens with zero attached hydrogens (tertiary/aromatic N) is 3. The molecule has 0 radical (unpaired) electrons. The second-order valence-corrected chi connectivity index (χ2v) is 9.98. The van der Waals surface area contributed by atoms with Crippen LogP contribution in [0.15, 0.2) is 108 Å². The Bertz CT molecular complexity index is 1390. The summed E-state index contributed by atoms with van der Waals surface area (Å²) in [5.74, 6) is 1.15. The first-order valence-electron chi connectivity index (χ1n) is 11.7. The van der Waals surface area contributed by atoms with Gasteiger partial charge in [0.1, 0.15) is 5.82 Å². The fraction of sp³-hybridized carbons (Fsp3) is 0.107. The molecule has 0 aliphatic carbocycles. The molecule has 10 heteroatoms. The lowest BCUT2D eigenvalue weighted by Gasteiger charge is -2.23. The molecule has 2 aromatic heterocycles. The van der Waals surface area contributed by atoms with Gasteiger partial charge in [0.15, 0.2) is 11.1 Å². The van der Waals surface area contributed by atoms with Crippen LogP contribution in [0.3, 0.4) is 0 Å². The van der Waals surface area contributed by atoms with E-state index in [1.54, 1.807) is 24.7 Å². The average molecular weight is 584 g/mol. The normalized spacial score (nSPS) is 12.1. The molecule has 0 amide bonds. The molecule has 3 aromatic carbocycles. The average Bonchev–Trinajstić information content (AvgIpc) is 3.64. The molecule has 6 nitrogen and oxygen atoms in total. The van der Waals surface area contributed by atoms with Gasteiger partial charge < -0.3 is 15.6 Å². The fourth-order valence-electron chi connectivity index (χ4n) is 4.06. The summed E-state index contributed by atoms with van der Waals surface area (Å²) < 4.78 is 0. The van der Waals surface area contributed by atoms with Crippen molar-refractivity contribution >= 4 is 58.0 Å². The predicted octanol–water partition coefficient (Wildman–Crippen LogP) is 7.57. The first-order valence-corrected chi connectivity index (χ1v) is 13.3. The number of rotatable bonds is 8. The topological polar surface area (TPSA) is 78.0 Å². The van der Waals surface area contributed by atoms with Gasteiger partial charge in [-0.25, -0.2) is 9.97 Å². The van der Waals surface area contributed by atoms with Gasteiger partial charge in [0.25, 0.3) is 0 Å². The molecule has 0 saturated carbocycles. The van der Waals surface area contributed by atoms with Gasteiger partial charge in [-0.2, -0.15) is 0 Å². The van der Waals surface area contributed by atoms with Crippen molar-refractivity contribution in [2.45, 2.75) is 12.0 Å². The van der Waals surface area contributed by atoms with Crippen LogP contribution in [0.5, 0.6) is 0 Å². The van der Waals surface area contributed by atoms with Crippen molar-refractivity contribution in [2.75, 3.05) is 11.9 Å². The lowest BCUT2D eigenvalue weighted by Crippen LogP contribution is -2.35. The van der Waals surface area contributed by atoms with Gasteiger partial charge >= 0.3 is 0 Å². The van der Waals surface area contributed by atoms with Gasteiger partial charge in [0.2, 0.25) is 0 Å². The highest BCUT2D eigenvalue weighted by Crippen LogP contribution is 2.31. The zero-order valence-electron chi connectivity index (χ0n) is 20.1. The van der Waals surface area contributed by atoms with E-state index in [0.717, 1.165) is 27.6 Å². The van der Waals surface area contributed by atoms with Crippen LogP contribution in [0.2, 0.25) is 10.0 Å². The summed E-state index contributed by atoms with van der Waals surface area (Å²) >= 11 is 14.3. The summed E-state index contributed by atoms with van der Waals surface area (Å²) in [6, 6.07) is 25.9. The first kappa shape index (κ1) is 27.7. The highest BCUT2D eigenvalue weighted by molar-refractivity contribution is 7.13. The Balaban J connectivity index is 0.00000336. The number of thiazole rings is 1. The molecule has 1 atom stereocenters. The molecule has 0 aliphatic heterocycles. The van der Waals surface area contributed by atoms with Crippen LogP contribution in [-0.4, -0.2) is 27.5 Å². The number of aromatic nitrogens is 3. The number of imidazole rings is 1. The maximum Gasteiger partial charge on any atom is 0.198 e. The number of halogens is 3. The minimum Gasteiger partial charge on any atom is -0.348 e. The number of benzene rings is 3. The number of aromatic amines is 1. The van der Waals surface area contributed by atoms with E-state index in [-0.39, 0.29) is 24.4 Å². The van der Waals surface area contributed by atoms with Crippen LogP contribution in [0, 0.1) is 0 Å². The first-order chi connectivity index (χ1) is 18.2. The summed E-state index contributed by atoms with van der Waals surface area (Å²) in [5, 5.41) is 10.8. The molecule has 194 valence electrons. The zero-order valence-corrected chi connectivity index (χ0v) is 23.2. The number of H-pyrrole nitrogens is 1. The molecule has 0 spiro atoms. The van der Waals surface area contributed by atoms with Crippen molar-refractivity contribution in [3.05, 3.63) is 135 Å². The Kier molecular flexibility index (Phi) is 9.79. The molecule has 0 fully saturated rings. The third-order valence-corrected chi connectivity index (χ3v) is 7.07. The fourth-order valence-corrected chi connectivity index (χ4v) is 5.13. The lowest BCUT2D eigenvalue weighted by atomic mass is 9.98. The van der Waals surface area contributed by atoms with E-state index < -0.39 is 0 Å². The molecule has 5 aromatic rings. The molecule has 0 bridgehead atoms. The SMILES string of the molecule is Cl.Clc1ccc(C(CN=C(Nc2nccs2)NC(c2ccccc2)c2ccccc2)c2ncc[nH]2)c(Cl)c1. The second-order valence-electron chi connectivity index (χ2n) is 8.24. The monoisotopic (exact) mass is 582 g/mol. The molecular formula is C28H25Cl3N6S. The Hall–Kier alpha value is -3.36. The van der Waals surface area contributed by atoms with Crippen molar-refractivity contribution in [1.82, 2.24) is 20.3 Å². The van der Waals surface area contributed by atoms with Gasteiger partial charge in [0, 0.05) is 34.0 Å². The van der Waals surface area contributed by atoms with E-state index in [1.165, 1.54) is 11.3 Å². The molecule has 2 heterocycles. The maximum absolute atomic E-state index is 6.60. The second kappa shape index (κ2) is 13.4. The summed E-state index contributed by atoms with van der Waals surface area (Å²) in [6.07, 6.45) is 5.28. The summed E-state index contributed by atoms with van der Waals surface area (Å²) in [4.78, 5) is 17.1. The summed E-state index contributed by atoms with van der Waals surface area (Å²) in [6.45, 7) is 0.381. The van der Waals surface area contributed by atoms with Crippen molar-refractivity contribution in [3.8, 4) is 0 Å². The van der Waals surface area contributed by atoms with Crippen LogP contribution in [0.25, 0.3) is 0 Å². The zero-order chi connectivity index (χ0) is 25.5. The number of hydrogen-bond acceptors (Lipinski definition) is 4. The highest BCUT2D eigenvalue weighted by atomic mass is 35.5. The standard InChI is InChI=1S/C28H24Cl2N6S.ClH/c29-21-11-12-22(24(30)17-21)23(26-31-13-14-32-26)18-34-27(36-28-33-15-16-37-28)35-25(19-7-3-1-4-8-19)20-9-5-2-6-10-20;/h1-17,23,25H,18H2,(H,31,32)(H2,33,34,35,36);1H. The molecule has 5 rings (SSSR count). The Labute approximate surface area is 241 Å². The number of nitrogens with one attached hydrogen (secondary N) is 3. The van der Waals surface area contributed by atoms with Crippen molar-refractivity contribution < 1.29 is 0 Å². The molecule has 1 unspecified atom stereocenters. The van der Waals surface area contributed by atoms with Crippen LogP contribution < -0.4 is 10.6 Å². The predicted molar refractivity (Wildman–Crippen MR) is 160 cm³/mol. The maximum atomic E-state index is 6.60. The number of hydrogen-bond donors (Lipinski definition) is 3. The molecular weight excluding hydrogens is 559 g/mol. The quantitative estimate of drug-likeness (QED) is 0.130. The van der Waals surface area contributed by atoms with Gasteiger partial charge in [-0.15, -0.1) is 23.7 Å². The minimum atomic E-state index is -0.207. The highest BCUT2D eigenvalue weighted by Gasteiger charge is 2.21. The van der Waals surface area contributed by atoms with Gasteiger partial charge in [-0.1, -0.05) is 89.9 Å². The number of guanidine groups is 1. The molecule has 3 N–H and O–H groups in total. The lowest BCUT2D eigenvalue weighted by molar-refractivity contribution is 0.732. The third kappa shape index (κ3) is 6.94. The van der Waals surface area contributed by atoms with Crippen LogP contribution in [0.1, 0.15) is 34.5 Å². The van der Waals surface area contributed by atoms with Gasteiger partial charge in [-0.05, 0) is 28.8 Å². The summed E-state index contributed by atoms with van der Waals surface area (Å²) in [5.41, 5.74) is 3.12. The Morgan fingerprint density at radius 3 is 2.21 bits per heavy atom. The van der Waals surface area contributed by atoms with E-state index in [4.69, 9.17) is 28.2 Å². The van der Waals surface area contributed by atoms with Crippen molar-refractivity contribution in [3.63, 3.8) is 0 Å². The van der Waals surface area contributed by atoms with Crippen LogP contribution in [0.4, 0.5) is 5.13 Å². The Morgan fingerprint density at radius 2 is 1.63 bits per heavy atom. The van der Waals surface area contributed by atoms with Crippen molar-refractivity contribution in [1.29, 1.82) is 0 Å². The van der Waals surface area contributed by atoms with E-state index in [2.05, 4.69) is 49.9 Å². The third-order valence-electron chi connectivity index (χ3n) is 5.82. The summed E-state index contributed by atoms with van der Waals surface area (Å²) in [7, 11) is 0. The van der Waals surface area contributed by atoms with Crippen molar-refractivity contribution in [2.24, 2.45) is 4.99 Å².